The van der Waals surface area contributed by atoms with E-state index in [1.165, 1.54) is 0 Å². The van der Waals surface area contributed by atoms with Gasteiger partial charge in [0.2, 0.25) is 6.79 Å². The first-order valence-corrected chi connectivity index (χ1v) is 7.55. The van der Waals surface area contributed by atoms with Gasteiger partial charge in [0.25, 0.3) is 5.91 Å². The normalized spacial score (nSPS) is 11.6. The molecule has 0 fully saturated rings. The molecule has 0 spiro atoms. The minimum absolute atomic E-state index is 0.155. The average Bonchev–Trinajstić information content (AvgIpc) is 3.06. The minimum atomic E-state index is -0.595. The zero-order valence-electron chi connectivity index (χ0n) is 13.5. The van der Waals surface area contributed by atoms with Gasteiger partial charge in [0.1, 0.15) is 5.75 Å². The van der Waals surface area contributed by atoms with Crippen LogP contribution in [0.2, 0.25) is 0 Å². The van der Waals surface area contributed by atoms with Gasteiger partial charge in [0.05, 0.1) is 0 Å². The third-order valence-electron chi connectivity index (χ3n) is 3.31. The van der Waals surface area contributed by atoms with Crippen molar-refractivity contribution in [3.05, 3.63) is 48.0 Å². The zero-order chi connectivity index (χ0) is 17.6. The maximum atomic E-state index is 11.8. The van der Waals surface area contributed by atoms with Gasteiger partial charge in [-0.3, -0.25) is 10.2 Å². The molecule has 3 rings (SSSR count). The third kappa shape index (κ3) is 4.54. The van der Waals surface area contributed by atoms with Crippen LogP contribution in [-0.4, -0.2) is 25.3 Å². The van der Waals surface area contributed by atoms with Crippen LogP contribution in [0.15, 0.2) is 42.5 Å². The molecule has 1 aliphatic heterocycles. The molecule has 0 aliphatic carbocycles. The molecule has 8 nitrogen and oxygen atoms in total. The van der Waals surface area contributed by atoms with Crippen LogP contribution in [-0.2, 0) is 4.79 Å². The second kappa shape index (κ2) is 7.43. The zero-order valence-corrected chi connectivity index (χ0v) is 13.5. The number of carbonyl (C=O) groups is 2. The standard InChI is InChI=1S/C17H17N3O5/c1-11-3-2-4-13(7-11)23-9-16(21)19-20-17(22)18-12-5-6-14-15(8-12)25-10-24-14/h2-8H,9-10H2,1H3,(H,19,21)(H2,18,20,22). The molecule has 0 radical (unpaired) electrons. The van der Waals surface area contributed by atoms with E-state index in [0.717, 1.165) is 5.56 Å². The van der Waals surface area contributed by atoms with E-state index in [-0.39, 0.29) is 13.4 Å². The van der Waals surface area contributed by atoms with Gasteiger partial charge >= 0.3 is 6.03 Å². The summed E-state index contributed by atoms with van der Waals surface area (Å²) in [5.41, 5.74) is 6.04. The Balaban J connectivity index is 1.42. The summed E-state index contributed by atoms with van der Waals surface area (Å²) in [5, 5.41) is 2.57. The summed E-state index contributed by atoms with van der Waals surface area (Å²) in [6.07, 6.45) is 0. The molecule has 1 aliphatic rings. The molecule has 0 saturated heterocycles. The molecule has 3 N–H and O–H groups in total. The number of rotatable bonds is 4. The van der Waals surface area contributed by atoms with Crippen LogP contribution >= 0.6 is 0 Å². The first-order chi connectivity index (χ1) is 12.1. The molecule has 2 aromatic rings. The van der Waals surface area contributed by atoms with Crippen molar-refractivity contribution in [3.8, 4) is 17.2 Å². The van der Waals surface area contributed by atoms with Gasteiger partial charge in [-0.1, -0.05) is 12.1 Å². The van der Waals surface area contributed by atoms with E-state index >= 15 is 0 Å². The topological polar surface area (TPSA) is 97.9 Å². The largest absolute Gasteiger partial charge is 0.484 e. The van der Waals surface area contributed by atoms with Gasteiger partial charge in [-0.25, -0.2) is 10.2 Å². The van der Waals surface area contributed by atoms with E-state index in [0.29, 0.717) is 22.9 Å². The smallest absolute Gasteiger partial charge is 0.337 e. The van der Waals surface area contributed by atoms with Crippen molar-refractivity contribution in [3.63, 3.8) is 0 Å². The van der Waals surface area contributed by atoms with E-state index in [9.17, 15) is 9.59 Å². The predicted octanol–water partition coefficient (Wildman–Crippen LogP) is 1.96. The molecule has 0 saturated carbocycles. The number of hydrazine groups is 1. The fraction of sp³-hybridized carbons (Fsp3) is 0.176. The van der Waals surface area contributed by atoms with E-state index in [4.69, 9.17) is 14.2 Å². The van der Waals surface area contributed by atoms with E-state index in [1.54, 1.807) is 24.3 Å². The van der Waals surface area contributed by atoms with Crippen molar-refractivity contribution >= 4 is 17.6 Å². The van der Waals surface area contributed by atoms with Crippen molar-refractivity contribution in [2.45, 2.75) is 6.92 Å². The second-order valence-electron chi connectivity index (χ2n) is 5.30. The number of benzene rings is 2. The van der Waals surface area contributed by atoms with Crippen LogP contribution in [0.1, 0.15) is 5.56 Å². The Bertz CT molecular complexity index is 794. The number of ether oxygens (including phenoxy) is 3. The molecule has 130 valence electrons. The fourth-order valence-electron chi connectivity index (χ4n) is 2.15. The number of fused-ring (bicyclic) bond motifs is 1. The Kier molecular flexibility index (Phi) is 4.89. The van der Waals surface area contributed by atoms with E-state index in [2.05, 4.69) is 16.2 Å². The van der Waals surface area contributed by atoms with Crippen molar-refractivity contribution in [1.29, 1.82) is 0 Å². The number of nitrogens with one attached hydrogen (secondary N) is 3. The SMILES string of the molecule is Cc1cccc(OCC(=O)NNC(=O)Nc2ccc3c(c2)OCO3)c1. The fourth-order valence-corrected chi connectivity index (χ4v) is 2.15. The monoisotopic (exact) mass is 343 g/mol. The van der Waals surface area contributed by atoms with Crippen molar-refractivity contribution < 1.29 is 23.8 Å². The van der Waals surface area contributed by atoms with Crippen LogP contribution in [0.5, 0.6) is 17.2 Å². The molecule has 0 aromatic heterocycles. The van der Waals surface area contributed by atoms with Gasteiger partial charge in [-0.2, -0.15) is 0 Å². The van der Waals surface area contributed by atoms with Crippen LogP contribution in [0.3, 0.4) is 0 Å². The Morgan fingerprint density at radius 3 is 2.76 bits per heavy atom. The van der Waals surface area contributed by atoms with Crippen LogP contribution in [0, 0.1) is 6.92 Å². The number of carbonyl (C=O) groups excluding carboxylic acids is 2. The molecule has 0 atom stereocenters. The lowest BCUT2D eigenvalue weighted by Gasteiger charge is -2.10. The molecule has 2 aromatic carbocycles. The molecule has 25 heavy (non-hydrogen) atoms. The summed E-state index contributed by atoms with van der Waals surface area (Å²) < 4.78 is 15.7. The van der Waals surface area contributed by atoms with Crippen LogP contribution in [0.25, 0.3) is 0 Å². The quantitative estimate of drug-likeness (QED) is 0.737. The number of hydrogen-bond acceptors (Lipinski definition) is 5. The van der Waals surface area contributed by atoms with Crippen molar-refractivity contribution in [2.24, 2.45) is 0 Å². The highest BCUT2D eigenvalue weighted by Crippen LogP contribution is 2.34. The molecule has 8 heteroatoms. The van der Waals surface area contributed by atoms with Crippen molar-refractivity contribution in [2.75, 3.05) is 18.7 Å². The van der Waals surface area contributed by atoms with Crippen molar-refractivity contribution in [1.82, 2.24) is 10.9 Å². The second-order valence-corrected chi connectivity index (χ2v) is 5.30. The summed E-state index contributed by atoms with van der Waals surface area (Å²) in [4.78, 5) is 23.5. The summed E-state index contributed by atoms with van der Waals surface area (Å²) >= 11 is 0. The van der Waals surface area contributed by atoms with Gasteiger partial charge in [-0.05, 0) is 36.8 Å². The summed E-state index contributed by atoms with van der Waals surface area (Å²) in [5.74, 6) is 1.27. The third-order valence-corrected chi connectivity index (χ3v) is 3.31. The number of amides is 3. The van der Waals surface area contributed by atoms with E-state index in [1.807, 2.05) is 25.1 Å². The maximum Gasteiger partial charge on any atom is 0.337 e. The first-order valence-electron chi connectivity index (χ1n) is 7.55. The van der Waals surface area contributed by atoms with E-state index < -0.39 is 11.9 Å². The lowest BCUT2D eigenvalue weighted by atomic mass is 10.2. The Hall–Kier alpha value is -3.42. The average molecular weight is 343 g/mol. The molecule has 3 amide bonds. The van der Waals surface area contributed by atoms with Gasteiger partial charge < -0.3 is 19.5 Å². The first kappa shape index (κ1) is 16.4. The Morgan fingerprint density at radius 2 is 1.92 bits per heavy atom. The highest BCUT2D eigenvalue weighted by Gasteiger charge is 2.14. The molecule has 0 unspecified atom stereocenters. The number of anilines is 1. The van der Waals surface area contributed by atoms with Gasteiger partial charge in [-0.15, -0.1) is 0 Å². The Morgan fingerprint density at radius 1 is 1.08 bits per heavy atom. The highest BCUT2D eigenvalue weighted by molar-refractivity contribution is 5.91. The van der Waals surface area contributed by atoms with Gasteiger partial charge in [0.15, 0.2) is 18.1 Å². The maximum absolute atomic E-state index is 11.8. The lowest BCUT2D eigenvalue weighted by molar-refractivity contribution is -0.123. The molecular weight excluding hydrogens is 326 g/mol. The summed E-state index contributed by atoms with van der Waals surface area (Å²) in [6.45, 7) is 1.87. The molecule has 0 bridgehead atoms. The summed E-state index contributed by atoms with van der Waals surface area (Å²) in [6, 6.07) is 11.7. The minimum Gasteiger partial charge on any atom is -0.484 e. The summed E-state index contributed by atoms with van der Waals surface area (Å²) in [7, 11) is 0. The van der Waals surface area contributed by atoms with Gasteiger partial charge in [0, 0.05) is 11.8 Å². The van der Waals surface area contributed by atoms with Crippen LogP contribution < -0.4 is 30.4 Å². The number of hydrogen-bond donors (Lipinski definition) is 3. The number of urea groups is 1. The number of aryl methyl sites for hydroxylation is 1. The highest BCUT2D eigenvalue weighted by atomic mass is 16.7. The molecule has 1 heterocycles. The Labute approximate surface area is 144 Å². The predicted molar refractivity (Wildman–Crippen MR) is 89.5 cm³/mol. The lowest BCUT2D eigenvalue weighted by Crippen LogP contribution is -2.45. The van der Waals surface area contributed by atoms with Crippen LogP contribution in [0.4, 0.5) is 10.5 Å². The molecular formula is C17H17N3O5.